The van der Waals surface area contributed by atoms with Gasteiger partial charge in [0.25, 0.3) is 0 Å². The number of Topliss-reactive ketones (excluding diaryl/α,β-unsaturated/α-hetero) is 1. The lowest BCUT2D eigenvalue weighted by Crippen LogP contribution is -2.17. The zero-order valence-corrected chi connectivity index (χ0v) is 6.20. The summed E-state index contributed by atoms with van der Waals surface area (Å²) >= 11 is 0. The highest BCUT2D eigenvalue weighted by atomic mass is 16.5. The van der Waals surface area contributed by atoms with Crippen LogP contribution in [0.1, 0.15) is 6.92 Å². The summed E-state index contributed by atoms with van der Waals surface area (Å²) in [5, 5.41) is 11.0. The Balaban J connectivity index is 3.75. The molecule has 0 bridgehead atoms. The number of carbonyl (C=O) groups excluding carboxylic acids is 1. The maximum Gasteiger partial charge on any atom is 0.179 e. The molecule has 4 nitrogen and oxygen atoms in total. The van der Waals surface area contributed by atoms with Crippen LogP contribution >= 0.6 is 0 Å². The van der Waals surface area contributed by atoms with E-state index in [1.54, 1.807) is 0 Å². The summed E-state index contributed by atoms with van der Waals surface area (Å²) in [6.45, 7) is 1.34. The van der Waals surface area contributed by atoms with Crippen LogP contribution in [-0.2, 0) is 9.53 Å². The highest BCUT2D eigenvalue weighted by Gasteiger charge is 2.05. The Labute approximate surface area is 64.8 Å². The second-order valence-electron chi connectivity index (χ2n) is 1.80. The highest BCUT2D eigenvalue weighted by molar-refractivity contribution is 6.39. The number of hydrogen-bond acceptors (Lipinski definition) is 4. The van der Waals surface area contributed by atoms with Gasteiger partial charge in [-0.2, -0.15) is 0 Å². The molecule has 60 valence electrons. The third-order valence-corrected chi connectivity index (χ3v) is 0.951. The van der Waals surface area contributed by atoms with Crippen molar-refractivity contribution in [1.29, 1.82) is 0 Å². The molecule has 0 rings (SSSR count). The van der Waals surface area contributed by atoms with Crippen LogP contribution in [-0.4, -0.2) is 29.9 Å². The Kier molecular flexibility index (Phi) is 4.78. The Morgan fingerprint density at radius 1 is 1.82 bits per heavy atom. The molecule has 0 aliphatic heterocycles. The molecule has 0 aromatic heterocycles. The minimum Gasteiger partial charge on any atom is -0.410 e. The first-order valence-electron chi connectivity index (χ1n) is 2.95. The summed E-state index contributed by atoms with van der Waals surface area (Å²) in [5.41, 5.74) is -0.0275. The van der Waals surface area contributed by atoms with E-state index in [4.69, 9.17) is 16.4 Å². The molecule has 0 heterocycles. The van der Waals surface area contributed by atoms with Gasteiger partial charge >= 0.3 is 0 Å². The summed E-state index contributed by atoms with van der Waals surface area (Å²) in [7, 11) is 0. The van der Waals surface area contributed by atoms with Gasteiger partial charge in [-0.3, -0.25) is 4.79 Å². The zero-order valence-electron chi connectivity index (χ0n) is 6.20. The van der Waals surface area contributed by atoms with E-state index in [1.165, 1.54) is 6.92 Å². The molecule has 11 heavy (non-hydrogen) atoms. The average Bonchev–Trinajstić information content (AvgIpc) is 1.97. The monoisotopic (exact) mass is 155 g/mol. The largest absolute Gasteiger partial charge is 0.410 e. The summed E-state index contributed by atoms with van der Waals surface area (Å²) in [6.07, 6.45) is 4.87. The first kappa shape index (κ1) is 9.66. The maximum absolute atomic E-state index is 10.5. The number of terminal acetylenes is 1. The smallest absolute Gasteiger partial charge is 0.179 e. The quantitative estimate of drug-likeness (QED) is 0.205. The normalized spacial score (nSPS) is 10.7. The molecule has 0 unspecified atom stereocenters. The van der Waals surface area contributed by atoms with E-state index >= 15 is 0 Å². The van der Waals surface area contributed by atoms with E-state index in [2.05, 4.69) is 11.1 Å². The number of ether oxygens (including phenoxy) is 1. The van der Waals surface area contributed by atoms with Crippen molar-refractivity contribution in [2.75, 3.05) is 13.2 Å². The Morgan fingerprint density at radius 3 is 2.82 bits per heavy atom. The van der Waals surface area contributed by atoms with Gasteiger partial charge in [-0.15, -0.1) is 6.42 Å². The van der Waals surface area contributed by atoms with Crippen LogP contribution in [0.25, 0.3) is 0 Å². The van der Waals surface area contributed by atoms with E-state index in [0.717, 1.165) is 0 Å². The number of oxime groups is 1. The van der Waals surface area contributed by atoms with Crippen LogP contribution < -0.4 is 0 Å². The molecular formula is C7H9NO3. The predicted molar refractivity (Wildman–Crippen MR) is 39.6 cm³/mol. The third kappa shape index (κ3) is 4.12. The third-order valence-electron chi connectivity index (χ3n) is 0.951. The fourth-order valence-electron chi connectivity index (χ4n) is 0.408. The second kappa shape index (κ2) is 5.45. The fraction of sp³-hybridized carbons (Fsp3) is 0.429. The van der Waals surface area contributed by atoms with Crippen LogP contribution in [0, 0.1) is 12.3 Å². The highest BCUT2D eigenvalue weighted by Crippen LogP contribution is 1.82. The molecule has 0 fully saturated rings. The first-order valence-corrected chi connectivity index (χ1v) is 2.95. The van der Waals surface area contributed by atoms with E-state index in [1.807, 2.05) is 0 Å². The lowest BCUT2D eigenvalue weighted by molar-refractivity contribution is -0.111. The zero-order chi connectivity index (χ0) is 8.69. The lowest BCUT2D eigenvalue weighted by atomic mass is 10.3. The first-order chi connectivity index (χ1) is 5.22. The Hall–Kier alpha value is -1.34. The van der Waals surface area contributed by atoms with E-state index in [-0.39, 0.29) is 24.7 Å². The molecule has 0 spiro atoms. The Bertz CT molecular complexity index is 202. The Morgan fingerprint density at radius 2 is 2.45 bits per heavy atom. The van der Waals surface area contributed by atoms with Gasteiger partial charge in [0.2, 0.25) is 0 Å². The SMILES string of the molecule is C#CCOC/C(=N\O)C(C)=O. The van der Waals surface area contributed by atoms with Crippen molar-refractivity contribution in [1.82, 2.24) is 0 Å². The molecule has 0 saturated heterocycles. The molecule has 0 saturated carbocycles. The van der Waals surface area contributed by atoms with Crippen LogP contribution in [0.3, 0.4) is 0 Å². The van der Waals surface area contributed by atoms with Gasteiger partial charge in [0.05, 0.1) is 6.61 Å². The molecule has 0 aromatic rings. The van der Waals surface area contributed by atoms with E-state index in [0.29, 0.717) is 0 Å². The molecule has 0 aliphatic carbocycles. The molecular weight excluding hydrogens is 146 g/mol. The molecule has 0 aromatic carbocycles. The fourth-order valence-corrected chi connectivity index (χ4v) is 0.408. The molecule has 4 heteroatoms. The van der Waals surface area contributed by atoms with Crippen LogP contribution in [0.4, 0.5) is 0 Å². The van der Waals surface area contributed by atoms with E-state index in [9.17, 15) is 4.79 Å². The van der Waals surface area contributed by atoms with Crippen LogP contribution in [0.15, 0.2) is 5.16 Å². The summed E-state index contributed by atoms with van der Waals surface area (Å²) in [4.78, 5) is 10.5. The molecule has 0 aliphatic rings. The second-order valence-corrected chi connectivity index (χ2v) is 1.80. The molecule has 1 N–H and O–H groups in total. The summed E-state index contributed by atoms with van der Waals surface area (Å²) < 4.78 is 4.75. The molecule has 0 radical (unpaired) electrons. The standard InChI is InChI=1S/C7H9NO3/c1-3-4-11-5-7(8-10)6(2)9/h1,10H,4-5H2,2H3/b8-7+. The van der Waals surface area contributed by atoms with E-state index < -0.39 is 0 Å². The van der Waals surface area contributed by atoms with Gasteiger partial charge in [-0.1, -0.05) is 11.1 Å². The van der Waals surface area contributed by atoms with Crippen LogP contribution in [0.2, 0.25) is 0 Å². The number of ketones is 1. The topological polar surface area (TPSA) is 58.9 Å². The molecule has 0 amide bonds. The van der Waals surface area contributed by atoms with Crippen molar-refractivity contribution in [3.05, 3.63) is 0 Å². The van der Waals surface area contributed by atoms with Gasteiger partial charge in [0, 0.05) is 6.92 Å². The number of carbonyl (C=O) groups is 1. The lowest BCUT2D eigenvalue weighted by Gasteiger charge is -1.97. The average molecular weight is 155 g/mol. The van der Waals surface area contributed by atoms with Gasteiger partial charge in [-0.25, -0.2) is 0 Å². The minimum atomic E-state index is -0.329. The van der Waals surface area contributed by atoms with Crippen molar-refractivity contribution >= 4 is 11.5 Å². The van der Waals surface area contributed by atoms with Crippen molar-refractivity contribution in [2.45, 2.75) is 6.92 Å². The van der Waals surface area contributed by atoms with Crippen LogP contribution in [0.5, 0.6) is 0 Å². The van der Waals surface area contributed by atoms with Gasteiger partial charge in [0.1, 0.15) is 12.3 Å². The van der Waals surface area contributed by atoms with Crippen molar-refractivity contribution in [3.63, 3.8) is 0 Å². The minimum absolute atomic E-state index is 0.0275. The predicted octanol–water partition coefficient (Wildman–Crippen LogP) is 0.0554. The van der Waals surface area contributed by atoms with Gasteiger partial charge < -0.3 is 9.94 Å². The van der Waals surface area contributed by atoms with Gasteiger partial charge in [-0.05, 0) is 0 Å². The summed E-state index contributed by atoms with van der Waals surface area (Å²) in [6, 6.07) is 0. The van der Waals surface area contributed by atoms with Crippen molar-refractivity contribution in [2.24, 2.45) is 5.16 Å². The van der Waals surface area contributed by atoms with Crippen molar-refractivity contribution in [3.8, 4) is 12.3 Å². The number of rotatable bonds is 4. The molecule has 0 atom stereocenters. The summed E-state index contributed by atoms with van der Waals surface area (Å²) in [5.74, 6) is 1.89. The number of nitrogens with zero attached hydrogens (tertiary/aromatic N) is 1. The van der Waals surface area contributed by atoms with Crippen molar-refractivity contribution < 1.29 is 14.7 Å². The maximum atomic E-state index is 10.5. The van der Waals surface area contributed by atoms with Gasteiger partial charge in [0.15, 0.2) is 5.78 Å². The number of hydrogen-bond donors (Lipinski definition) is 1.